The molecule has 0 radical (unpaired) electrons. The van der Waals surface area contributed by atoms with Crippen molar-refractivity contribution in [2.24, 2.45) is 34.5 Å². The summed E-state index contributed by atoms with van der Waals surface area (Å²) in [5.41, 5.74) is 0.535. The molecule has 0 heterocycles. The first kappa shape index (κ1) is 12.7. The van der Waals surface area contributed by atoms with Crippen LogP contribution in [0.1, 0.15) is 66.2 Å². The number of carbonyl (C=O) groups is 1. The molecule has 102 valence electrons. The quantitative estimate of drug-likeness (QED) is 0.619. The van der Waals surface area contributed by atoms with Gasteiger partial charge in [-0.3, -0.25) is 4.79 Å². The van der Waals surface area contributed by atoms with Crippen LogP contribution in [-0.2, 0) is 4.79 Å². The molecule has 1 heteroatoms. The van der Waals surface area contributed by atoms with Gasteiger partial charge in [-0.15, -0.1) is 0 Å². The van der Waals surface area contributed by atoms with E-state index in [1.54, 1.807) is 0 Å². The van der Waals surface area contributed by atoms with Crippen molar-refractivity contribution in [2.45, 2.75) is 66.2 Å². The highest BCUT2D eigenvalue weighted by Crippen LogP contribution is 2.62. The molecule has 3 saturated carbocycles. The first-order chi connectivity index (χ1) is 8.37. The number of hydrogen-bond donors (Lipinski definition) is 0. The molecule has 0 aromatic rings. The van der Waals surface area contributed by atoms with Crippen molar-refractivity contribution in [1.29, 1.82) is 0 Å². The van der Waals surface area contributed by atoms with E-state index in [2.05, 4.69) is 27.7 Å². The van der Waals surface area contributed by atoms with Gasteiger partial charge in [0.15, 0.2) is 0 Å². The van der Waals surface area contributed by atoms with E-state index < -0.39 is 0 Å². The molecule has 0 N–H and O–H groups in total. The topological polar surface area (TPSA) is 17.1 Å². The molecule has 0 aromatic carbocycles. The van der Waals surface area contributed by atoms with Gasteiger partial charge in [0.2, 0.25) is 0 Å². The van der Waals surface area contributed by atoms with E-state index >= 15 is 0 Å². The van der Waals surface area contributed by atoms with E-state index in [4.69, 9.17) is 0 Å². The summed E-state index contributed by atoms with van der Waals surface area (Å²) in [5.74, 6) is 3.82. The minimum absolute atomic E-state index is 0.0534. The molecule has 5 atom stereocenters. The Kier molecular flexibility index (Phi) is 2.70. The number of hydrogen-bond acceptors (Lipinski definition) is 1. The number of fused-ring (bicyclic) bond motifs is 3. The zero-order valence-electron chi connectivity index (χ0n) is 12.5. The second-order valence-electron chi connectivity index (χ2n) is 8.09. The van der Waals surface area contributed by atoms with Crippen LogP contribution < -0.4 is 0 Å². The smallest absolute Gasteiger partial charge is 0.139 e. The Labute approximate surface area is 112 Å². The number of carbonyl (C=O) groups excluding carboxylic acids is 1. The van der Waals surface area contributed by atoms with Crippen LogP contribution in [0.4, 0.5) is 0 Å². The molecule has 1 nitrogen and oxygen atoms in total. The van der Waals surface area contributed by atoms with Crippen LogP contribution in [0.15, 0.2) is 0 Å². The molecule has 3 fully saturated rings. The standard InChI is InChI=1S/C17H28O/c1-11-5-6-12-13(16(11,2)3)9-10-17(4)14(12)7-8-15(17)18/h11-14H,5-10H2,1-4H3/t11-,12?,13?,14?,17?/m1/s1. The monoisotopic (exact) mass is 248 g/mol. The highest BCUT2D eigenvalue weighted by atomic mass is 16.1. The van der Waals surface area contributed by atoms with Crippen LogP contribution in [0.25, 0.3) is 0 Å². The molecular formula is C17H28O. The van der Waals surface area contributed by atoms with Crippen LogP contribution in [0.5, 0.6) is 0 Å². The third kappa shape index (κ3) is 1.48. The molecule has 0 bridgehead atoms. The average molecular weight is 248 g/mol. The van der Waals surface area contributed by atoms with Gasteiger partial charge in [0.05, 0.1) is 0 Å². The zero-order valence-corrected chi connectivity index (χ0v) is 12.5. The molecule has 0 spiro atoms. The van der Waals surface area contributed by atoms with Crippen LogP contribution in [-0.4, -0.2) is 5.78 Å². The Hall–Kier alpha value is -0.330. The molecule has 0 aromatic heterocycles. The van der Waals surface area contributed by atoms with E-state index in [0.29, 0.717) is 17.1 Å². The Balaban J connectivity index is 1.92. The molecular weight excluding hydrogens is 220 g/mol. The number of rotatable bonds is 0. The highest BCUT2D eigenvalue weighted by Gasteiger charge is 2.57. The van der Waals surface area contributed by atoms with E-state index in [0.717, 1.165) is 30.6 Å². The van der Waals surface area contributed by atoms with E-state index in [1.807, 2.05) is 0 Å². The molecule has 4 unspecified atom stereocenters. The number of ketones is 1. The molecule has 3 aliphatic rings. The lowest BCUT2D eigenvalue weighted by atomic mass is 9.48. The van der Waals surface area contributed by atoms with Crippen molar-refractivity contribution in [3.63, 3.8) is 0 Å². The summed E-state index contributed by atoms with van der Waals surface area (Å²) in [6.45, 7) is 9.67. The van der Waals surface area contributed by atoms with Crippen molar-refractivity contribution in [2.75, 3.05) is 0 Å². The van der Waals surface area contributed by atoms with Crippen LogP contribution >= 0.6 is 0 Å². The van der Waals surface area contributed by atoms with Crippen molar-refractivity contribution < 1.29 is 4.79 Å². The first-order valence-corrected chi connectivity index (χ1v) is 7.90. The average Bonchev–Trinajstić information content (AvgIpc) is 2.61. The summed E-state index contributed by atoms with van der Waals surface area (Å²) in [6.07, 6.45) is 7.24. The molecule has 0 aliphatic heterocycles. The maximum atomic E-state index is 12.2. The van der Waals surface area contributed by atoms with Crippen molar-refractivity contribution >= 4 is 5.78 Å². The summed E-state index contributed by atoms with van der Waals surface area (Å²) in [5, 5.41) is 0. The molecule has 0 amide bonds. The summed E-state index contributed by atoms with van der Waals surface area (Å²) >= 11 is 0. The zero-order chi connectivity index (χ0) is 13.1. The van der Waals surface area contributed by atoms with Gasteiger partial charge in [-0.25, -0.2) is 0 Å². The van der Waals surface area contributed by atoms with Crippen LogP contribution in [0.3, 0.4) is 0 Å². The molecule has 3 aliphatic carbocycles. The van der Waals surface area contributed by atoms with Gasteiger partial charge >= 0.3 is 0 Å². The fraction of sp³-hybridized carbons (Fsp3) is 0.941. The van der Waals surface area contributed by atoms with E-state index in [9.17, 15) is 4.79 Å². The van der Waals surface area contributed by atoms with Crippen molar-refractivity contribution in [3.05, 3.63) is 0 Å². The SMILES string of the molecule is C[C@@H]1CCC2C3CCC(=O)C3(C)CCC2C1(C)C. The number of Topliss-reactive ketones (excluding diaryl/α,β-unsaturated/α-hetero) is 1. The Morgan fingerprint density at radius 2 is 1.72 bits per heavy atom. The fourth-order valence-corrected chi connectivity index (χ4v) is 5.56. The predicted molar refractivity (Wildman–Crippen MR) is 74.2 cm³/mol. The molecule has 18 heavy (non-hydrogen) atoms. The fourth-order valence-electron chi connectivity index (χ4n) is 5.56. The lowest BCUT2D eigenvalue weighted by Gasteiger charge is -2.56. The van der Waals surface area contributed by atoms with Crippen molar-refractivity contribution in [1.82, 2.24) is 0 Å². The third-order valence-electron chi connectivity index (χ3n) is 7.30. The largest absolute Gasteiger partial charge is 0.299 e. The molecule has 3 rings (SSSR count). The van der Waals surface area contributed by atoms with Gasteiger partial charge in [-0.2, -0.15) is 0 Å². The third-order valence-corrected chi connectivity index (χ3v) is 7.30. The van der Waals surface area contributed by atoms with E-state index in [-0.39, 0.29) is 5.41 Å². The lowest BCUT2D eigenvalue weighted by Crippen LogP contribution is -2.50. The van der Waals surface area contributed by atoms with Crippen LogP contribution in [0, 0.1) is 34.5 Å². The van der Waals surface area contributed by atoms with Gasteiger partial charge in [-0.1, -0.05) is 27.7 Å². The summed E-state index contributed by atoms with van der Waals surface area (Å²) in [7, 11) is 0. The van der Waals surface area contributed by atoms with Crippen molar-refractivity contribution in [3.8, 4) is 0 Å². The Morgan fingerprint density at radius 1 is 1.00 bits per heavy atom. The van der Waals surface area contributed by atoms with Gasteiger partial charge in [0.1, 0.15) is 5.78 Å². The maximum absolute atomic E-state index is 12.2. The minimum atomic E-state index is 0.0534. The van der Waals surface area contributed by atoms with Gasteiger partial charge in [0, 0.05) is 11.8 Å². The van der Waals surface area contributed by atoms with Gasteiger partial charge in [-0.05, 0) is 61.2 Å². The normalized spacial score (nSPS) is 50.8. The first-order valence-electron chi connectivity index (χ1n) is 7.90. The van der Waals surface area contributed by atoms with Gasteiger partial charge in [0.25, 0.3) is 0 Å². The second kappa shape index (κ2) is 3.84. The predicted octanol–water partition coefficient (Wildman–Crippen LogP) is 4.45. The minimum Gasteiger partial charge on any atom is -0.299 e. The van der Waals surface area contributed by atoms with Gasteiger partial charge < -0.3 is 0 Å². The molecule has 0 saturated heterocycles. The Morgan fingerprint density at radius 3 is 2.44 bits per heavy atom. The second-order valence-corrected chi connectivity index (χ2v) is 8.09. The lowest BCUT2D eigenvalue weighted by molar-refractivity contribution is -0.134. The summed E-state index contributed by atoms with van der Waals surface area (Å²) < 4.78 is 0. The van der Waals surface area contributed by atoms with Crippen LogP contribution in [0.2, 0.25) is 0 Å². The Bertz CT molecular complexity index is 370. The summed E-state index contributed by atoms with van der Waals surface area (Å²) in [6, 6.07) is 0. The highest BCUT2D eigenvalue weighted by molar-refractivity contribution is 5.87. The maximum Gasteiger partial charge on any atom is 0.139 e. The van der Waals surface area contributed by atoms with E-state index in [1.165, 1.54) is 25.7 Å². The summed E-state index contributed by atoms with van der Waals surface area (Å²) in [4.78, 5) is 12.2.